The first kappa shape index (κ1) is 19.9. The molecule has 0 fully saturated rings. The Morgan fingerprint density at radius 3 is 1.87 bits per heavy atom. The molecule has 9 heteroatoms. The number of rotatable bonds is 3. The van der Waals surface area contributed by atoms with Crippen molar-refractivity contribution < 1.29 is 30.7 Å². The van der Waals surface area contributed by atoms with Crippen molar-refractivity contribution in [3.05, 3.63) is 88.2 Å². The van der Waals surface area contributed by atoms with Crippen molar-refractivity contribution in [3.8, 4) is 11.4 Å². The average Bonchev–Trinajstić information content (AvgIpc) is 3.07. The minimum atomic E-state index is -2.29. The quantitative estimate of drug-likeness (QED) is 0.223. The molecule has 0 aliphatic heterocycles. The van der Waals surface area contributed by atoms with Crippen molar-refractivity contribution >= 4 is 11.0 Å². The van der Waals surface area contributed by atoms with E-state index in [1.54, 1.807) is 19.1 Å². The van der Waals surface area contributed by atoms with E-state index in [9.17, 15) is 30.7 Å². The molecule has 0 N–H and O–H groups in total. The molecule has 0 atom stereocenters. The zero-order chi connectivity index (χ0) is 21.7. The summed E-state index contributed by atoms with van der Waals surface area (Å²) in [6, 6.07) is 7.73. The lowest BCUT2D eigenvalue weighted by Crippen LogP contribution is -2.12. The van der Waals surface area contributed by atoms with Gasteiger partial charge in [0.05, 0.1) is 23.1 Å². The molecule has 0 aliphatic carbocycles. The molecule has 0 unspecified atom stereocenters. The van der Waals surface area contributed by atoms with E-state index in [-0.39, 0.29) is 16.9 Å². The van der Waals surface area contributed by atoms with E-state index in [0.29, 0.717) is 5.56 Å². The van der Waals surface area contributed by atoms with Crippen molar-refractivity contribution in [3.63, 3.8) is 0 Å². The number of imidazole rings is 1. The van der Waals surface area contributed by atoms with Gasteiger partial charge in [0.1, 0.15) is 17.5 Å². The van der Waals surface area contributed by atoms with E-state index in [1.807, 2.05) is 0 Å². The number of aryl methyl sites for hydroxylation is 1. The first-order valence-corrected chi connectivity index (χ1v) is 8.63. The van der Waals surface area contributed by atoms with Gasteiger partial charge in [-0.15, -0.1) is 0 Å². The summed E-state index contributed by atoms with van der Waals surface area (Å²) in [7, 11) is 0. The van der Waals surface area contributed by atoms with Crippen LogP contribution in [0, 0.1) is 47.6 Å². The number of hydrogen-bond donors (Lipinski definition) is 0. The maximum atomic E-state index is 14.4. The van der Waals surface area contributed by atoms with Gasteiger partial charge in [-0.05, 0) is 30.7 Å². The first-order valence-electron chi connectivity index (χ1n) is 8.63. The molecule has 1 heterocycles. The van der Waals surface area contributed by atoms with Gasteiger partial charge in [-0.25, -0.2) is 35.7 Å². The van der Waals surface area contributed by atoms with Gasteiger partial charge < -0.3 is 4.57 Å². The zero-order valence-corrected chi connectivity index (χ0v) is 15.2. The zero-order valence-electron chi connectivity index (χ0n) is 15.2. The monoisotopic (exact) mass is 424 g/mol. The van der Waals surface area contributed by atoms with Crippen LogP contribution in [0.3, 0.4) is 0 Å². The van der Waals surface area contributed by atoms with Gasteiger partial charge in [0, 0.05) is 5.56 Å². The van der Waals surface area contributed by atoms with Crippen LogP contribution >= 0.6 is 0 Å². The lowest BCUT2D eigenvalue weighted by molar-refractivity contribution is 0.368. The number of benzene rings is 3. The summed E-state index contributed by atoms with van der Waals surface area (Å²) >= 11 is 0. The van der Waals surface area contributed by atoms with E-state index in [4.69, 9.17) is 0 Å². The smallest absolute Gasteiger partial charge is 0.200 e. The van der Waals surface area contributed by atoms with Gasteiger partial charge in [0.2, 0.25) is 5.82 Å². The summed E-state index contributed by atoms with van der Waals surface area (Å²) < 4.78 is 99.1. The second-order valence-electron chi connectivity index (χ2n) is 6.61. The Balaban J connectivity index is 2.04. The summed E-state index contributed by atoms with van der Waals surface area (Å²) in [5.74, 6) is -12.9. The van der Waals surface area contributed by atoms with E-state index < -0.39 is 58.4 Å². The number of hydrogen-bond acceptors (Lipinski definition) is 1. The Hall–Kier alpha value is -3.36. The molecular formula is C21H11F7N2. The molecule has 3 aromatic carbocycles. The molecule has 0 saturated carbocycles. The van der Waals surface area contributed by atoms with E-state index in [2.05, 4.69) is 4.98 Å². The number of halogens is 7. The van der Waals surface area contributed by atoms with E-state index in [0.717, 1.165) is 22.8 Å². The molecule has 0 bridgehead atoms. The Labute approximate surface area is 165 Å². The Kier molecular flexibility index (Phi) is 4.76. The lowest BCUT2D eigenvalue weighted by atomic mass is 10.1. The van der Waals surface area contributed by atoms with Crippen molar-refractivity contribution in [1.29, 1.82) is 0 Å². The van der Waals surface area contributed by atoms with Crippen LogP contribution < -0.4 is 0 Å². The highest BCUT2D eigenvalue weighted by Crippen LogP contribution is 2.32. The summed E-state index contributed by atoms with van der Waals surface area (Å²) in [6.07, 6.45) is 0. The van der Waals surface area contributed by atoms with Gasteiger partial charge in [0.25, 0.3) is 0 Å². The highest BCUT2D eigenvalue weighted by molar-refractivity contribution is 5.83. The largest absolute Gasteiger partial charge is 0.319 e. The van der Waals surface area contributed by atoms with Crippen LogP contribution in [0.25, 0.3) is 22.4 Å². The van der Waals surface area contributed by atoms with Gasteiger partial charge in [-0.1, -0.05) is 18.2 Å². The highest BCUT2D eigenvalue weighted by Gasteiger charge is 2.28. The minimum Gasteiger partial charge on any atom is -0.319 e. The molecule has 0 spiro atoms. The summed E-state index contributed by atoms with van der Waals surface area (Å²) in [5, 5.41) is 0. The van der Waals surface area contributed by atoms with Crippen LogP contribution in [0.1, 0.15) is 11.1 Å². The highest BCUT2D eigenvalue weighted by atomic mass is 19.2. The topological polar surface area (TPSA) is 17.8 Å². The molecule has 0 saturated heterocycles. The molecule has 4 aromatic rings. The number of aromatic nitrogens is 2. The van der Waals surface area contributed by atoms with Crippen LogP contribution in [0.2, 0.25) is 0 Å². The number of para-hydroxylation sites is 1. The summed E-state index contributed by atoms with van der Waals surface area (Å²) in [6.45, 7) is 0.758. The fraction of sp³-hybridized carbons (Fsp3) is 0.0952. The fourth-order valence-electron chi connectivity index (χ4n) is 3.30. The Morgan fingerprint density at radius 2 is 1.27 bits per heavy atom. The van der Waals surface area contributed by atoms with Crippen LogP contribution in [0.15, 0.2) is 36.4 Å². The lowest BCUT2D eigenvalue weighted by Gasteiger charge is -2.13. The average molecular weight is 424 g/mol. The molecule has 0 aliphatic rings. The van der Waals surface area contributed by atoms with Gasteiger partial charge in [-0.3, -0.25) is 0 Å². The standard InChI is InChI=1S/C21H11F7N2/c1-9-4-2-7-13-20(9)29-21(14-11(22)5-3-6-12(14)23)30(13)8-10-15(24)17(26)19(28)18(27)16(10)25/h2-7H,8H2,1H3. The van der Waals surface area contributed by atoms with Gasteiger partial charge >= 0.3 is 0 Å². The van der Waals surface area contributed by atoms with Crippen LogP contribution in [0.5, 0.6) is 0 Å². The maximum absolute atomic E-state index is 14.4. The molecule has 1 aromatic heterocycles. The molecule has 0 amide bonds. The van der Waals surface area contributed by atoms with Gasteiger partial charge in [0.15, 0.2) is 23.3 Å². The molecule has 0 radical (unpaired) electrons. The predicted octanol–water partition coefficient (Wildman–Crippen LogP) is 6.03. The molecular weight excluding hydrogens is 413 g/mol. The van der Waals surface area contributed by atoms with E-state index >= 15 is 0 Å². The van der Waals surface area contributed by atoms with E-state index in [1.165, 1.54) is 6.07 Å². The third kappa shape index (κ3) is 2.92. The van der Waals surface area contributed by atoms with Crippen LogP contribution in [-0.2, 0) is 6.54 Å². The van der Waals surface area contributed by atoms with Crippen molar-refractivity contribution in [2.75, 3.05) is 0 Å². The summed E-state index contributed by atoms with van der Waals surface area (Å²) in [4.78, 5) is 4.20. The molecule has 2 nitrogen and oxygen atoms in total. The Morgan fingerprint density at radius 1 is 0.733 bits per heavy atom. The molecule has 30 heavy (non-hydrogen) atoms. The van der Waals surface area contributed by atoms with Gasteiger partial charge in [-0.2, -0.15) is 0 Å². The first-order chi connectivity index (χ1) is 14.2. The van der Waals surface area contributed by atoms with Crippen molar-refractivity contribution in [1.82, 2.24) is 9.55 Å². The summed E-state index contributed by atoms with van der Waals surface area (Å²) in [5.41, 5.74) is -0.681. The molecule has 154 valence electrons. The number of nitrogens with zero attached hydrogens (tertiary/aromatic N) is 2. The second-order valence-corrected chi connectivity index (χ2v) is 6.61. The number of fused-ring (bicyclic) bond motifs is 1. The maximum Gasteiger partial charge on any atom is 0.200 e. The Bertz CT molecular complexity index is 1260. The third-order valence-corrected chi connectivity index (χ3v) is 4.78. The third-order valence-electron chi connectivity index (χ3n) is 4.78. The predicted molar refractivity (Wildman–Crippen MR) is 95.2 cm³/mol. The van der Waals surface area contributed by atoms with Crippen molar-refractivity contribution in [2.45, 2.75) is 13.5 Å². The fourth-order valence-corrected chi connectivity index (χ4v) is 3.30. The second kappa shape index (κ2) is 7.16. The van der Waals surface area contributed by atoms with Crippen molar-refractivity contribution in [2.24, 2.45) is 0 Å². The molecule has 4 rings (SSSR count). The SMILES string of the molecule is Cc1cccc2c1nc(-c1c(F)cccc1F)n2Cc1c(F)c(F)c(F)c(F)c1F. The van der Waals surface area contributed by atoms with Crippen LogP contribution in [0.4, 0.5) is 30.7 Å². The minimum absolute atomic E-state index is 0.205. The van der Waals surface area contributed by atoms with Crippen LogP contribution in [-0.4, -0.2) is 9.55 Å². The normalized spacial score (nSPS) is 11.5.